The highest BCUT2D eigenvalue weighted by molar-refractivity contribution is 7.92. The molecule has 0 radical (unpaired) electrons. The summed E-state index contributed by atoms with van der Waals surface area (Å²) in [5.41, 5.74) is 2.39. The van der Waals surface area contributed by atoms with Gasteiger partial charge in [-0.3, -0.25) is 9.36 Å². The Morgan fingerprint density at radius 3 is 2.49 bits per heavy atom. The van der Waals surface area contributed by atoms with Gasteiger partial charge in [-0.25, -0.2) is 13.4 Å². The highest BCUT2D eigenvalue weighted by Crippen LogP contribution is 2.52. The summed E-state index contributed by atoms with van der Waals surface area (Å²) in [5, 5.41) is 3.80. The molecule has 1 spiro atoms. The fourth-order valence-corrected chi connectivity index (χ4v) is 8.64. The van der Waals surface area contributed by atoms with Crippen LogP contribution in [-0.2, 0) is 9.84 Å². The standard InChI is InChI=1S/C28H35N5O3S/c1-19-15-22(37(35,36)23-16-28(17-23)11-13-32(2)14-12-28)8-9-24(19)30-27-29-18-20-7-10-25(34)33(26(20)31-27)21-5-3-4-6-21/h7-10,15,18,21,23H,3-6,11-14,16-17H2,1-2H3,(H,29,30,31). The largest absolute Gasteiger partial charge is 0.324 e. The van der Waals surface area contributed by atoms with Crippen LogP contribution >= 0.6 is 0 Å². The molecule has 1 aliphatic heterocycles. The quantitative estimate of drug-likeness (QED) is 0.524. The Kier molecular flexibility index (Phi) is 6.11. The Hall–Kier alpha value is -2.78. The van der Waals surface area contributed by atoms with Crippen LogP contribution in [0.4, 0.5) is 11.6 Å². The van der Waals surface area contributed by atoms with Gasteiger partial charge < -0.3 is 10.2 Å². The first-order chi connectivity index (χ1) is 17.7. The molecule has 1 saturated heterocycles. The first-order valence-electron chi connectivity index (χ1n) is 13.4. The van der Waals surface area contributed by atoms with Gasteiger partial charge in [0.2, 0.25) is 5.95 Å². The lowest BCUT2D eigenvalue weighted by atomic mass is 9.63. The lowest BCUT2D eigenvalue weighted by Crippen LogP contribution is -2.50. The minimum Gasteiger partial charge on any atom is -0.324 e. The number of rotatable bonds is 5. The molecule has 2 aliphatic carbocycles. The molecule has 8 nitrogen and oxygen atoms in total. The van der Waals surface area contributed by atoms with Gasteiger partial charge in [0.25, 0.3) is 5.56 Å². The lowest BCUT2D eigenvalue weighted by Gasteiger charge is -2.51. The molecule has 9 heteroatoms. The van der Waals surface area contributed by atoms with E-state index in [0.29, 0.717) is 16.5 Å². The molecule has 0 amide bonds. The molecule has 0 atom stereocenters. The summed E-state index contributed by atoms with van der Waals surface area (Å²) in [6, 6.07) is 8.79. The normalized spacial score (nSPS) is 20.9. The molecule has 37 heavy (non-hydrogen) atoms. The zero-order chi connectivity index (χ0) is 25.8. The van der Waals surface area contributed by atoms with Crippen molar-refractivity contribution in [1.82, 2.24) is 19.4 Å². The molecule has 3 heterocycles. The number of sulfone groups is 1. The van der Waals surface area contributed by atoms with Gasteiger partial charge in [-0.15, -0.1) is 0 Å². The number of anilines is 2. The van der Waals surface area contributed by atoms with E-state index in [1.54, 1.807) is 36.5 Å². The highest BCUT2D eigenvalue weighted by atomic mass is 32.2. The van der Waals surface area contributed by atoms with Crippen molar-refractivity contribution in [2.45, 2.75) is 74.5 Å². The number of aromatic nitrogens is 3. The predicted molar refractivity (Wildman–Crippen MR) is 145 cm³/mol. The second-order valence-corrected chi connectivity index (χ2v) is 13.7. The fourth-order valence-electron chi connectivity index (χ4n) is 6.51. The minimum atomic E-state index is -3.36. The number of hydrogen-bond donors (Lipinski definition) is 1. The van der Waals surface area contributed by atoms with Crippen LogP contribution in [0.15, 0.2) is 46.2 Å². The van der Waals surface area contributed by atoms with Crippen LogP contribution in [0, 0.1) is 12.3 Å². The third kappa shape index (κ3) is 4.46. The molecule has 3 fully saturated rings. The van der Waals surface area contributed by atoms with E-state index in [0.717, 1.165) is 81.1 Å². The van der Waals surface area contributed by atoms with Crippen LogP contribution < -0.4 is 10.9 Å². The molecule has 2 aromatic heterocycles. The maximum atomic E-state index is 13.4. The average molecular weight is 522 g/mol. The van der Waals surface area contributed by atoms with Crippen LogP contribution in [0.2, 0.25) is 0 Å². The summed E-state index contributed by atoms with van der Waals surface area (Å²) in [5.74, 6) is 0.395. The number of aryl methyl sites for hydroxylation is 1. The number of fused-ring (bicyclic) bond motifs is 1. The van der Waals surface area contributed by atoms with Crippen molar-refractivity contribution in [3.63, 3.8) is 0 Å². The summed E-state index contributed by atoms with van der Waals surface area (Å²) in [4.78, 5) is 24.6. The van der Waals surface area contributed by atoms with Gasteiger partial charge in [-0.2, -0.15) is 4.98 Å². The topological polar surface area (TPSA) is 97.2 Å². The molecule has 1 aromatic carbocycles. The second-order valence-electron chi connectivity index (χ2n) is 11.4. The van der Waals surface area contributed by atoms with Crippen molar-refractivity contribution in [2.24, 2.45) is 5.41 Å². The highest BCUT2D eigenvalue weighted by Gasteiger charge is 2.50. The van der Waals surface area contributed by atoms with E-state index >= 15 is 0 Å². The molecule has 196 valence electrons. The smallest absolute Gasteiger partial charge is 0.252 e. The van der Waals surface area contributed by atoms with E-state index < -0.39 is 9.84 Å². The van der Waals surface area contributed by atoms with Gasteiger partial charge >= 0.3 is 0 Å². The Labute approximate surface area is 218 Å². The van der Waals surface area contributed by atoms with E-state index in [1.807, 2.05) is 11.5 Å². The van der Waals surface area contributed by atoms with Crippen molar-refractivity contribution >= 4 is 32.5 Å². The third-order valence-corrected chi connectivity index (χ3v) is 11.1. The fraction of sp³-hybridized carbons (Fsp3) is 0.536. The summed E-state index contributed by atoms with van der Waals surface area (Å²) in [6.07, 6.45) is 9.69. The minimum absolute atomic E-state index is 0.0344. The van der Waals surface area contributed by atoms with E-state index in [1.165, 1.54) is 0 Å². The molecule has 0 bridgehead atoms. The molecular weight excluding hydrogens is 486 g/mol. The van der Waals surface area contributed by atoms with Crippen molar-refractivity contribution in [1.29, 1.82) is 0 Å². The molecule has 1 N–H and O–H groups in total. The number of benzene rings is 1. The summed E-state index contributed by atoms with van der Waals surface area (Å²) in [7, 11) is -1.23. The molecule has 0 unspecified atom stereocenters. The van der Waals surface area contributed by atoms with Gasteiger partial charge in [0, 0.05) is 29.4 Å². The average Bonchev–Trinajstić information content (AvgIpc) is 3.38. The van der Waals surface area contributed by atoms with E-state index in [4.69, 9.17) is 4.98 Å². The molecular formula is C28H35N5O3S. The van der Waals surface area contributed by atoms with Crippen molar-refractivity contribution < 1.29 is 8.42 Å². The van der Waals surface area contributed by atoms with Gasteiger partial charge in [0.1, 0.15) is 5.65 Å². The van der Waals surface area contributed by atoms with Crippen molar-refractivity contribution in [3.8, 4) is 0 Å². The molecule has 2 saturated carbocycles. The Morgan fingerprint density at radius 1 is 1.05 bits per heavy atom. The molecule has 3 aliphatic rings. The maximum absolute atomic E-state index is 13.4. The summed E-state index contributed by atoms with van der Waals surface area (Å²) in [6.45, 7) is 4.01. The lowest BCUT2D eigenvalue weighted by molar-refractivity contribution is 0.0465. The number of pyridine rings is 1. The zero-order valence-corrected chi connectivity index (χ0v) is 22.4. The number of likely N-dealkylation sites (tertiary alicyclic amines) is 1. The van der Waals surface area contributed by atoms with E-state index in [-0.39, 0.29) is 22.3 Å². The Bertz CT molecular complexity index is 1490. The summed E-state index contributed by atoms with van der Waals surface area (Å²) >= 11 is 0. The number of nitrogens with zero attached hydrogens (tertiary/aromatic N) is 4. The second kappa shape index (κ2) is 9.20. The Morgan fingerprint density at radius 2 is 1.78 bits per heavy atom. The number of hydrogen-bond acceptors (Lipinski definition) is 7. The maximum Gasteiger partial charge on any atom is 0.252 e. The van der Waals surface area contributed by atoms with Crippen LogP contribution in [0.5, 0.6) is 0 Å². The van der Waals surface area contributed by atoms with Crippen LogP contribution in [0.3, 0.4) is 0 Å². The van der Waals surface area contributed by atoms with Gasteiger partial charge in [0.05, 0.1) is 10.1 Å². The van der Waals surface area contributed by atoms with Crippen LogP contribution in [0.1, 0.15) is 63.0 Å². The van der Waals surface area contributed by atoms with Gasteiger partial charge in [0.15, 0.2) is 9.84 Å². The first-order valence-corrected chi connectivity index (χ1v) is 15.0. The van der Waals surface area contributed by atoms with E-state index in [2.05, 4.69) is 22.2 Å². The summed E-state index contributed by atoms with van der Waals surface area (Å²) < 4.78 is 28.6. The van der Waals surface area contributed by atoms with Gasteiger partial charge in [-0.05, 0) is 101 Å². The molecule has 6 rings (SSSR count). The number of nitrogens with one attached hydrogen (secondary N) is 1. The van der Waals surface area contributed by atoms with E-state index in [9.17, 15) is 13.2 Å². The monoisotopic (exact) mass is 521 g/mol. The predicted octanol–water partition coefficient (Wildman–Crippen LogP) is 4.61. The van der Waals surface area contributed by atoms with Crippen molar-refractivity contribution in [2.75, 3.05) is 25.5 Å². The SMILES string of the molecule is Cc1cc(S(=O)(=O)C2CC3(CCN(C)CC3)C2)ccc1Nc1ncc2ccc(=O)n(C3CCCC3)c2n1. The van der Waals surface area contributed by atoms with Crippen LogP contribution in [-0.4, -0.2) is 53.2 Å². The molecule has 3 aromatic rings. The van der Waals surface area contributed by atoms with Crippen LogP contribution in [0.25, 0.3) is 11.0 Å². The third-order valence-electron chi connectivity index (χ3n) is 8.94. The number of piperidine rings is 1. The zero-order valence-electron chi connectivity index (χ0n) is 21.6. The van der Waals surface area contributed by atoms with Gasteiger partial charge in [-0.1, -0.05) is 12.8 Å². The Balaban J connectivity index is 1.22. The first kappa shape index (κ1) is 24.6. The van der Waals surface area contributed by atoms with Crippen molar-refractivity contribution in [3.05, 3.63) is 52.4 Å².